The maximum atomic E-state index is 9.28. The number of rotatable bonds is 5. The predicted octanol–water partition coefficient (Wildman–Crippen LogP) is 4.14. The van der Waals surface area contributed by atoms with Gasteiger partial charge in [-0.05, 0) is 40.5 Å². The first kappa shape index (κ1) is 13.6. The molecule has 2 aromatic rings. The van der Waals surface area contributed by atoms with E-state index in [1.54, 1.807) is 11.3 Å². The van der Waals surface area contributed by atoms with Crippen molar-refractivity contribution >= 4 is 27.3 Å². The van der Waals surface area contributed by atoms with Gasteiger partial charge in [0.2, 0.25) is 0 Å². The maximum Gasteiger partial charge on any atom is 0.139 e. The Kier molecular flexibility index (Phi) is 4.80. The normalized spacial score (nSPS) is 10.6. The summed E-state index contributed by atoms with van der Waals surface area (Å²) in [5.74, 6) is 0.728. The summed E-state index contributed by atoms with van der Waals surface area (Å²) < 4.78 is 6.68. The van der Waals surface area contributed by atoms with E-state index in [0.717, 1.165) is 22.2 Å². The molecule has 4 heteroatoms. The first-order valence-electron chi connectivity index (χ1n) is 5.83. The molecule has 0 saturated heterocycles. The largest absolute Gasteiger partial charge is 0.487 e. The number of benzene rings is 1. The van der Waals surface area contributed by atoms with Crippen molar-refractivity contribution in [3.63, 3.8) is 0 Å². The Labute approximate surface area is 119 Å². The highest BCUT2D eigenvalue weighted by molar-refractivity contribution is 9.10. The van der Waals surface area contributed by atoms with E-state index in [9.17, 15) is 5.11 Å². The van der Waals surface area contributed by atoms with Gasteiger partial charge in [-0.1, -0.05) is 19.1 Å². The third-order valence-corrected chi connectivity index (χ3v) is 4.47. The van der Waals surface area contributed by atoms with Crippen LogP contribution in [0, 0.1) is 0 Å². The number of aliphatic hydroxyl groups is 1. The average Bonchev–Trinajstić information content (AvgIpc) is 2.85. The summed E-state index contributed by atoms with van der Waals surface area (Å²) >= 11 is 5.22. The molecule has 0 atom stereocenters. The molecule has 96 valence electrons. The van der Waals surface area contributed by atoms with Crippen LogP contribution < -0.4 is 4.74 Å². The molecule has 1 N–H and O–H groups in total. The van der Waals surface area contributed by atoms with Crippen LogP contribution in [0.15, 0.2) is 34.8 Å². The van der Waals surface area contributed by atoms with Gasteiger partial charge in [0, 0.05) is 15.3 Å². The fraction of sp³-hybridized carbons (Fsp3) is 0.286. The molecular formula is C14H15BrO2S. The smallest absolute Gasteiger partial charge is 0.139 e. The van der Waals surface area contributed by atoms with Crippen LogP contribution in [0.3, 0.4) is 0 Å². The molecule has 2 nitrogen and oxygen atoms in total. The second-order valence-electron chi connectivity index (χ2n) is 3.90. The van der Waals surface area contributed by atoms with Gasteiger partial charge in [-0.3, -0.25) is 0 Å². The van der Waals surface area contributed by atoms with Crippen molar-refractivity contribution in [2.75, 3.05) is 0 Å². The molecule has 1 aromatic heterocycles. The molecule has 0 aliphatic rings. The lowest BCUT2D eigenvalue weighted by Gasteiger charge is -2.11. The van der Waals surface area contributed by atoms with Crippen LogP contribution in [0.1, 0.15) is 22.2 Å². The van der Waals surface area contributed by atoms with E-state index in [2.05, 4.69) is 35.0 Å². The Balaban J connectivity index is 2.10. The minimum atomic E-state index is -0.0145. The molecule has 0 radical (unpaired) electrons. The molecule has 0 unspecified atom stereocenters. The van der Waals surface area contributed by atoms with Crippen LogP contribution in [0.4, 0.5) is 0 Å². The lowest BCUT2D eigenvalue weighted by atomic mass is 10.2. The fourth-order valence-corrected chi connectivity index (χ4v) is 3.07. The highest BCUT2D eigenvalue weighted by atomic mass is 79.9. The van der Waals surface area contributed by atoms with E-state index in [4.69, 9.17) is 4.74 Å². The number of aliphatic hydroxyl groups excluding tert-OH is 1. The van der Waals surface area contributed by atoms with E-state index < -0.39 is 0 Å². The van der Waals surface area contributed by atoms with Crippen LogP contribution in [0.2, 0.25) is 0 Å². The average molecular weight is 327 g/mol. The zero-order valence-electron chi connectivity index (χ0n) is 10.1. The van der Waals surface area contributed by atoms with E-state index in [1.165, 1.54) is 9.75 Å². The SMILES string of the molecule is CCc1ccc(COc2c(Br)cccc2CO)s1. The number of hydrogen-bond donors (Lipinski definition) is 1. The molecule has 0 aliphatic carbocycles. The fourth-order valence-electron chi connectivity index (χ4n) is 1.67. The molecule has 1 heterocycles. The zero-order chi connectivity index (χ0) is 13.0. The van der Waals surface area contributed by atoms with Crippen molar-refractivity contribution in [2.24, 2.45) is 0 Å². The number of thiophene rings is 1. The Hall–Kier alpha value is -0.840. The second-order valence-corrected chi connectivity index (χ2v) is 6.00. The summed E-state index contributed by atoms with van der Waals surface area (Å²) in [6.45, 7) is 2.67. The Morgan fingerprint density at radius 1 is 1.22 bits per heavy atom. The number of para-hydroxylation sites is 1. The van der Waals surface area contributed by atoms with Gasteiger partial charge >= 0.3 is 0 Å². The van der Waals surface area contributed by atoms with Gasteiger partial charge in [0.15, 0.2) is 0 Å². The van der Waals surface area contributed by atoms with Crippen molar-refractivity contribution in [3.05, 3.63) is 50.1 Å². The van der Waals surface area contributed by atoms with Crippen LogP contribution in [-0.4, -0.2) is 5.11 Å². The Morgan fingerprint density at radius 3 is 2.67 bits per heavy atom. The van der Waals surface area contributed by atoms with Crippen LogP contribution in [0.5, 0.6) is 5.75 Å². The molecule has 1 aromatic carbocycles. The molecule has 0 bridgehead atoms. The zero-order valence-corrected chi connectivity index (χ0v) is 12.6. The van der Waals surface area contributed by atoms with Crippen LogP contribution in [0.25, 0.3) is 0 Å². The molecule has 0 spiro atoms. The third-order valence-electron chi connectivity index (χ3n) is 2.64. The van der Waals surface area contributed by atoms with Gasteiger partial charge in [0.1, 0.15) is 12.4 Å². The van der Waals surface area contributed by atoms with Gasteiger partial charge in [0.05, 0.1) is 11.1 Å². The topological polar surface area (TPSA) is 29.5 Å². The number of hydrogen-bond acceptors (Lipinski definition) is 3. The second kappa shape index (κ2) is 6.36. The van der Waals surface area contributed by atoms with Gasteiger partial charge in [-0.2, -0.15) is 0 Å². The quantitative estimate of drug-likeness (QED) is 0.894. The van der Waals surface area contributed by atoms with Gasteiger partial charge in [-0.25, -0.2) is 0 Å². The predicted molar refractivity (Wildman–Crippen MR) is 78.1 cm³/mol. The van der Waals surface area contributed by atoms with Gasteiger partial charge in [0.25, 0.3) is 0 Å². The van der Waals surface area contributed by atoms with E-state index in [1.807, 2.05) is 18.2 Å². The Morgan fingerprint density at radius 2 is 2.00 bits per heavy atom. The number of ether oxygens (including phenoxy) is 1. The molecule has 0 amide bonds. The summed E-state index contributed by atoms with van der Waals surface area (Å²) in [6.07, 6.45) is 1.06. The van der Waals surface area contributed by atoms with E-state index in [0.29, 0.717) is 6.61 Å². The summed E-state index contributed by atoms with van der Waals surface area (Å²) in [7, 11) is 0. The lowest BCUT2D eigenvalue weighted by Crippen LogP contribution is -1.98. The number of halogens is 1. The Bertz CT molecular complexity index is 522. The molecule has 0 fully saturated rings. The lowest BCUT2D eigenvalue weighted by molar-refractivity contribution is 0.259. The molecule has 2 rings (SSSR count). The summed E-state index contributed by atoms with van der Waals surface area (Å²) in [6, 6.07) is 9.91. The monoisotopic (exact) mass is 326 g/mol. The third kappa shape index (κ3) is 3.13. The first-order chi connectivity index (χ1) is 8.74. The summed E-state index contributed by atoms with van der Waals surface area (Å²) in [4.78, 5) is 2.56. The summed E-state index contributed by atoms with van der Waals surface area (Å²) in [5.41, 5.74) is 0.802. The molecule has 18 heavy (non-hydrogen) atoms. The highest BCUT2D eigenvalue weighted by Gasteiger charge is 2.08. The first-order valence-corrected chi connectivity index (χ1v) is 7.44. The van der Waals surface area contributed by atoms with Crippen molar-refractivity contribution in [1.82, 2.24) is 0 Å². The van der Waals surface area contributed by atoms with Gasteiger partial charge in [-0.15, -0.1) is 11.3 Å². The molecule has 0 saturated carbocycles. The van der Waals surface area contributed by atoms with E-state index >= 15 is 0 Å². The minimum absolute atomic E-state index is 0.0145. The standard InChI is InChI=1S/C14H15BrO2S/c1-2-11-6-7-12(18-11)9-17-14-10(8-16)4-3-5-13(14)15/h3-7,16H,2,8-9H2,1H3. The summed E-state index contributed by atoms with van der Waals surface area (Å²) in [5, 5.41) is 9.28. The minimum Gasteiger partial charge on any atom is -0.487 e. The van der Waals surface area contributed by atoms with Crippen LogP contribution >= 0.6 is 27.3 Å². The van der Waals surface area contributed by atoms with Crippen molar-refractivity contribution in [2.45, 2.75) is 26.6 Å². The van der Waals surface area contributed by atoms with Crippen molar-refractivity contribution in [1.29, 1.82) is 0 Å². The maximum absolute atomic E-state index is 9.28. The molecule has 0 aliphatic heterocycles. The highest BCUT2D eigenvalue weighted by Crippen LogP contribution is 2.30. The van der Waals surface area contributed by atoms with Gasteiger partial charge < -0.3 is 9.84 Å². The number of aryl methyl sites for hydroxylation is 1. The van der Waals surface area contributed by atoms with Crippen molar-refractivity contribution in [3.8, 4) is 5.75 Å². The van der Waals surface area contributed by atoms with Crippen molar-refractivity contribution < 1.29 is 9.84 Å². The van der Waals surface area contributed by atoms with E-state index in [-0.39, 0.29) is 6.61 Å². The molecular weight excluding hydrogens is 312 g/mol. The van der Waals surface area contributed by atoms with Crippen LogP contribution in [-0.2, 0) is 19.6 Å².